The molecule has 1 aromatic rings. The number of benzene rings is 1. The number of rotatable bonds is 4. The Bertz CT molecular complexity index is 692. The fourth-order valence-electron chi connectivity index (χ4n) is 3.13. The Labute approximate surface area is 182 Å². The van der Waals surface area contributed by atoms with Crippen LogP contribution in [0.25, 0.3) is 0 Å². The summed E-state index contributed by atoms with van der Waals surface area (Å²) < 4.78 is 5.49. The Morgan fingerprint density at radius 3 is 2.31 bits per heavy atom. The first-order valence-corrected chi connectivity index (χ1v) is 11.0. The third-order valence-corrected chi connectivity index (χ3v) is 5.40. The molecular weight excluding hydrogens is 384 g/mol. The zero-order valence-electron chi connectivity index (χ0n) is 19.5. The van der Waals surface area contributed by atoms with Gasteiger partial charge in [0.25, 0.3) is 0 Å². The zero-order chi connectivity index (χ0) is 22.2. The Morgan fingerprint density at radius 2 is 1.83 bits per heavy atom. The van der Waals surface area contributed by atoms with E-state index < -0.39 is 5.60 Å². The molecule has 0 radical (unpaired) electrons. The van der Waals surface area contributed by atoms with Crippen LogP contribution in [0.5, 0.6) is 0 Å². The van der Waals surface area contributed by atoms with E-state index >= 15 is 0 Å². The monoisotopic (exact) mass is 422 g/mol. The van der Waals surface area contributed by atoms with Crippen LogP contribution in [0.1, 0.15) is 79.3 Å². The van der Waals surface area contributed by atoms with E-state index in [1.165, 1.54) is 24.1 Å². The fourth-order valence-corrected chi connectivity index (χ4v) is 3.42. The number of amides is 1. The molecule has 1 aliphatic rings. The van der Waals surface area contributed by atoms with Gasteiger partial charge in [0.05, 0.1) is 6.04 Å². The number of carbonyl (C=O) groups excluding carboxylic acids is 1. The highest BCUT2D eigenvalue weighted by atomic mass is 35.5. The fraction of sp³-hybridized carbons (Fsp3) is 0.625. The van der Waals surface area contributed by atoms with Gasteiger partial charge in [-0.1, -0.05) is 56.5 Å². The molecule has 0 saturated carbocycles. The molecule has 1 aliphatic heterocycles. The molecule has 1 amide bonds. The van der Waals surface area contributed by atoms with Crippen LogP contribution < -0.4 is 0 Å². The van der Waals surface area contributed by atoms with E-state index in [0.29, 0.717) is 13.1 Å². The summed E-state index contributed by atoms with van der Waals surface area (Å²) in [4.78, 5) is 16.3. The largest absolute Gasteiger partial charge is 0.444 e. The maximum absolute atomic E-state index is 12.3. The van der Waals surface area contributed by atoms with Crippen LogP contribution in [0.3, 0.4) is 0 Å². The molecule has 0 aromatic heterocycles. The Morgan fingerprint density at radius 1 is 1.24 bits per heavy atom. The van der Waals surface area contributed by atoms with Crippen LogP contribution in [0, 0.1) is 0 Å². The molecule has 0 N–H and O–H groups in total. The van der Waals surface area contributed by atoms with E-state index in [9.17, 15) is 4.79 Å². The summed E-state index contributed by atoms with van der Waals surface area (Å²) in [6.07, 6.45) is 3.21. The summed E-state index contributed by atoms with van der Waals surface area (Å²) in [5, 5.41) is 0.784. The molecule has 1 unspecified atom stereocenters. The molecule has 0 spiro atoms. The molecule has 29 heavy (non-hydrogen) atoms. The highest BCUT2D eigenvalue weighted by molar-refractivity contribution is 6.31. The summed E-state index contributed by atoms with van der Waals surface area (Å²) in [6.45, 7) is 15.5. The molecule has 1 aromatic carbocycles. The van der Waals surface area contributed by atoms with Gasteiger partial charge in [-0.2, -0.15) is 0 Å². The van der Waals surface area contributed by atoms with Gasteiger partial charge in [-0.3, -0.25) is 0 Å². The van der Waals surface area contributed by atoms with Gasteiger partial charge in [0.2, 0.25) is 0 Å². The highest BCUT2D eigenvalue weighted by Gasteiger charge is 2.28. The minimum atomic E-state index is -0.468. The van der Waals surface area contributed by atoms with Crippen molar-refractivity contribution in [3.05, 3.63) is 46.1 Å². The minimum absolute atomic E-state index is 0.173. The van der Waals surface area contributed by atoms with Crippen molar-refractivity contribution in [2.24, 2.45) is 0 Å². The average Bonchev–Trinajstić information content (AvgIpc) is 2.66. The maximum atomic E-state index is 12.3. The van der Waals surface area contributed by atoms with E-state index in [0.717, 1.165) is 17.0 Å². The lowest BCUT2D eigenvalue weighted by molar-refractivity contribution is 0.0251. The van der Waals surface area contributed by atoms with Gasteiger partial charge in [-0.05, 0) is 51.8 Å². The lowest BCUT2D eigenvalue weighted by Gasteiger charge is -2.37. The lowest BCUT2D eigenvalue weighted by atomic mass is 10.0. The van der Waals surface area contributed by atoms with E-state index in [4.69, 9.17) is 16.3 Å². The molecule has 4 nitrogen and oxygen atoms in total. The van der Waals surface area contributed by atoms with Crippen molar-refractivity contribution in [2.45, 2.75) is 79.4 Å². The molecule has 5 heteroatoms. The van der Waals surface area contributed by atoms with Gasteiger partial charge in [-0.15, -0.1) is 0 Å². The molecule has 0 fully saturated rings. The van der Waals surface area contributed by atoms with Crippen LogP contribution in [-0.2, 0) is 4.74 Å². The van der Waals surface area contributed by atoms with E-state index in [1.807, 2.05) is 39.0 Å². The molecule has 0 saturated heterocycles. The standard InChI is InChI=1S/C20H29ClN2O2.C4H10/c1-14-13-23(19(24)25-20(3,4)5)12-11-18(14)22(6)15(2)16-9-7-8-10-17(16)21;1-3-4-2/h7-10,15H,11-13H2,1-6H3;3-4H2,1-2H3. The molecule has 164 valence electrons. The van der Waals surface area contributed by atoms with E-state index in [2.05, 4.69) is 45.7 Å². The van der Waals surface area contributed by atoms with Crippen LogP contribution in [0.15, 0.2) is 35.5 Å². The third-order valence-electron chi connectivity index (χ3n) is 5.05. The van der Waals surface area contributed by atoms with E-state index in [1.54, 1.807) is 4.90 Å². The van der Waals surface area contributed by atoms with E-state index in [-0.39, 0.29) is 12.1 Å². The predicted molar refractivity (Wildman–Crippen MR) is 123 cm³/mol. The quantitative estimate of drug-likeness (QED) is 0.520. The summed E-state index contributed by atoms with van der Waals surface area (Å²) in [6, 6.07) is 8.12. The summed E-state index contributed by atoms with van der Waals surface area (Å²) in [7, 11) is 2.09. The van der Waals surface area contributed by atoms with Crippen LogP contribution in [-0.4, -0.2) is 41.6 Å². The Hall–Kier alpha value is -1.68. The number of unbranched alkanes of at least 4 members (excludes halogenated alkanes) is 1. The highest BCUT2D eigenvalue weighted by Crippen LogP contribution is 2.32. The van der Waals surface area contributed by atoms with Crippen LogP contribution >= 0.6 is 11.6 Å². The van der Waals surface area contributed by atoms with Crippen molar-refractivity contribution in [1.82, 2.24) is 9.80 Å². The van der Waals surface area contributed by atoms with Gasteiger partial charge in [0.1, 0.15) is 5.60 Å². The second kappa shape index (κ2) is 11.5. The topological polar surface area (TPSA) is 32.8 Å². The summed E-state index contributed by atoms with van der Waals surface area (Å²) in [5.41, 5.74) is 3.11. The molecule has 1 atom stereocenters. The van der Waals surface area contributed by atoms with Gasteiger partial charge in [0.15, 0.2) is 0 Å². The van der Waals surface area contributed by atoms with Crippen molar-refractivity contribution >= 4 is 17.7 Å². The normalized spacial score (nSPS) is 15.4. The summed E-state index contributed by atoms with van der Waals surface area (Å²) >= 11 is 6.35. The number of hydrogen-bond donors (Lipinski definition) is 0. The number of ether oxygens (including phenoxy) is 1. The van der Waals surface area contributed by atoms with Gasteiger partial charge in [0, 0.05) is 37.3 Å². The molecular formula is C24H39ClN2O2. The second-order valence-electron chi connectivity index (χ2n) is 8.69. The SMILES string of the molecule is CC1=C(N(C)C(C)c2ccccc2Cl)CCN(C(=O)OC(C)(C)C)C1.CCCC. The molecule has 2 rings (SSSR count). The number of halogens is 1. The second-order valence-corrected chi connectivity index (χ2v) is 9.09. The Kier molecular flexibility index (Phi) is 10.0. The number of carbonyl (C=O) groups is 1. The van der Waals surface area contributed by atoms with Crippen molar-refractivity contribution in [1.29, 1.82) is 0 Å². The van der Waals surface area contributed by atoms with Gasteiger partial charge in [-0.25, -0.2) is 4.79 Å². The van der Waals surface area contributed by atoms with Crippen molar-refractivity contribution in [2.75, 3.05) is 20.1 Å². The molecule has 0 aliphatic carbocycles. The van der Waals surface area contributed by atoms with Crippen LogP contribution in [0.2, 0.25) is 5.02 Å². The third kappa shape index (κ3) is 7.93. The minimum Gasteiger partial charge on any atom is -0.444 e. The Balaban J connectivity index is 0.000000960. The molecule has 1 heterocycles. The number of hydrogen-bond acceptors (Lipinski definition) is 3. The first-order chi connectivity index (χ1) is 13.5. The first kappa shape index (κ1) is 25.4. The van der Waals surface area contributed by atoms with Gasteiger partial charge >= 0.3 is 6.09 Å². The van der Waals surface area contributed by atoms with Crippen molar-refractivity contribution < 1.29 is 9.53 Å². The number of nitrogens with zero attached hydrogens (tertiary/aromatic N) is 2. The maximum Gasteiger partial charge on any atom is 0.410 e. The van der Waals surface area contributed by atoms with Gasteiger partial charge < -0.3 is 14.5 Å². The lowest BCUT2D eigenvalue weighted by Crippen LogP contribution is -2.42. The van der Waals surface area contributed by atoms with Crippen molar-refractivity contribution in [3.8, 4) is 0 Å². The average molecular weight is 423 g/mol. The smallest absolute Gasteiger partial charge is 0.410 e. The van der Waals surface area contributed by atoms with Crippen molar-refractivity contribution in [3.63, 3.8) is 0 Å². The van der Waals surface area contributed by atoms with Crippen LogP contribution in [0.4, 0.5) is 4.79 Å². The predicted octanol–water partition coefficient (Wildman–Crippen LogP) is 7.05. The summed E-state index contributed by atoms with van der Waals surface area (Å²) in [5.74, 6) is 0. The molecule has 0 bridgehead atoms. The zero-order valence-corrected chi connectivity index (χ0v) is 20.3. The first-order valence-electron chi connectivity index (χ1n) is 10.7.